The molecule has 21 heavy (non-hydrogen) atoms. The van der Waals surface area contributed by atoms with Crippen LogP contribution in [0.1, 0.15) is 71.6 Å². The molecule has 0 saturated heterocycles. The summed E-state index contributed by atoms with van der Waals surface area (Å²) in [6.45, 7) is 7.23. The molecule has 2 aliphatic rings. The van der Waals surface area contributed by atoms with Crippen LogP contribution in [0, 0.1) is 11.8 Å². The van der Waals surface area contributed by atoms with E-state index in [0.29, 0.717) is 17.9 Å². The van der Waals surface area contributed by atoms with Crippen LogP contribution in [0.15, 0.2) is 4.99 Å². The second kappa shape index (κ2) is 9.45. The highest BCUT2D eigenvalue weighted by Gasteiger charge is 2.28. The molecule has 0 aromatic carbocycles. The van der Waals surface area contributed by atoms with Crippen molar-refractivity contribution in [2.45, 2.75) is 77.7 Å². The summed E-state index contributed by atoms with van der Waals surface area (Å²) in [7, 11) is 0. The van der Waals surface area contributed by atoms with Gasteiger partial charge in [-0.3, -0.25) is 4.99 Å². The Morgan fingerprint density at radius 1 is 1.10 bits per heavy atom. The van der Waals surface area contributed by atoms with Crippen LogP contribution in [-0.2, 0) is 9.47 Å². The molecule has 3 heteroatoms. The lowest BCUT2D eigenvalue weighted by atomic mass is 9.86. The van der Waals surface area contributed by atoms with Crippen LogP contribution in [0.25, 0.3) is 0 Å². The maximum atomic E-state index is 5.99. The number of unbranched alkanes of at least 4 members (excludes halogenated alkanes) is 2. The van der Waals surface area contributed by atoms with E-state index >= 15 is 0 Å². The Morgan fingerprint density at radius 3 is 2.52 bits per heavy atom. The summed E-state index contributed by atoms with van der Waals surface area (Å²) in [5, 5.41) is 0. The predicted molar refractivity (Wildman–Crippen MR) is 87.9 cm³/mol. The molecule has 1 aliphatic carbocycles. The van der Waals surface area contributed by atoms with E-state index in [4.69, 9.17) is 14.5 Å². The molecule has 0 amide bonds. The maximum Gasteiger partial charge on any atom is 0.186 e. The predicted octanol–water partition coefficient (Wildman–Crippen LogP) is 4.60. The molecule has 1 atom stereocenters. The van der Waals surface area contributed by atoms with Crippen molar-refractivity contribution < 1.29 is 9.47 Å². The van der Waals surface area contributed by atoms with E-state index in [1.54, 1.807) is 0 Å². The highest BCUT2D eigenvalue weighted by molar-refractivity contribution is 5.79. The van der Waals surface area contributed by atoms with Crippen molar-refractivity contribution in [1.29, 1.82) is 0 Å². The summed E-state index contributed by atoms with van der Waals surface area (Å²) >= 11 is 0. The molecule has 1 unspecified atom stereocenters. The summed E-state index contributed by atoms with van der Waals surface area (Å²) < 4.78 is 11.8. The third-order valence-electron chi connectivity index (χ3n) is 4.77. The lowest BCUT2D eigenvalue weighted by molar-refractivity contribution is 0.0216. The van der Waals surface area contributed by atoms with Gasteiger partial charge in [0.1, 0.15) is 0 Å². The van der Waals surface area contributed by atoms with E-state index in [-0.39, 0.29) is 0 Å². The summed E-state index contributed by atoms with van der Waals surface area (Å²) in [4.78, 5) is 4.75. The molecular weight excluding hydrogens is 262 g/mol. The molecule has 0 N–H and O–H groups in total. The van der Waals surface area contributed by atoms with E-state index in [1.807, 2.05) is 0 Å². The first-order valence-corrected chi connectivity index (χ1v) is 9.12. The zero-order chi connectivity index (χ0) is 14.9. The van der Waals surface area contributed by atoms with Crippen molar-refractivity contribution in [3.63, 3.8) is 0 Å². The zero-order valence-electron chi connectivity index (χ0n) is 14.0. The average molecular weight is 295 g/mol. The second-order valence-electron chi connectivity index (χ2n) is 6.70. The minimum atomic E-state index is 0.479. The highest BCUT2D eigenvalue weighted by atomic mass is 16.5. The smallest absolute Gasteiger partial charge is 0.186 e. The molecule has 1 heterocycles. The molecule has 1 fully saturated rings. The van der Waals surface area contributed by atoms with Crippen molar-refractivity contribution in [3.8, 4) is 0 Å². The Kier molecular flexibility index (Phi) is 7.56. The van der Waals surface area contributed by atoms with E-state index in [1.165, 1.54) is 51.4 Å². The van der Waals surface area contributed by atoms with Gasteiger partial charge in [0.05, 0.1) is 12.7 Å². The molecule has 1 saturated carbocycles. The molecule has 0 bridgehead atoms. The molecule has 0 spiro atoms. The fraction of sp³-hybridized carbons (Fsp3) is 0.944. The second-order valence-corrected chi connectivity index (χ2v) is 6.70. The first-order chi connectivity index (χ1) is 10.3. The van der Waals surface area contributed by atoms with Gasteiger partial charge in [0, 0.05) is 25.0 Å². The van der Waals surface area contributed by atoms with Crippen LogP contribution in [0.5, 0.6) is 0 Å². The molecule has 0 aromatic rings. The van der Waals surface area contributed by atoms with Crippen LogP contribution in [0.4, 0.5) is 0 Å². The number of hydrogen-bond acceptors (Lipinski definition) is 3. The molecule has 1 aliphatic heterocycles. The van der Waals surface area contributed by atoms with Gasteiger partial charge in [-0.05, 0) is 38.5 Å². The number of hydrogen-bond donors (Lipinski definition) is 0. The number of ether oxygens (including phenoxy) is 2. The van der Waals surface area contributed by atoms with E-state index in [2.05, 4.69) is 13.8 Å². The molecule has 2 rings (SSSR count). The van der Waals surface area contributed by atoms with Crippen molar-refractivity contribution >= 4 is 5.90 Å². The summed E-state index contributed by atoms with van der Waals surface area (Å²) in [6, 6.07) is 0. The monoisotopic (exact) mass is 295 g/mol. The Bertz CT molecular complexity index is 308. The van der Waals surface area contributed by atoms with Gasteiger partial charge in [0.25, 0.3) is 0 Å². The van der Waals surface area contributed by atoms with Gasteiger partial charge in [0.2, 0.25) is 0 Å². The molecule has 3 nitrogen and oxygen atoms in total. The number of nitrogens with zero attached hydrogens (tertiary/aromatic N) is 1. The molecule has 0 radical (unpaired) electrons. The van der Waals surface area contributed by atoms with Crippen molar-refractivity contribution in [2.24, 2.45) is 16.8 Å². The maximum absolute atomic E-state index is 5.99. The lowest BCUT2D eigenvalue weighted by Crippen LogP contribution is -2.32. The van der Waals surface area contributed by atoms with E-state index < -0.39 is 0 Å². The minimum absolute atomic E-state index is 0.479. The largest absolute Gasteiger partial charge is 0.480 e. The van der Waals surface area contributed by atoms with Crippen molar-refractivity contribution in [1.82, 2.24) is 0 Å². The van der Waals surface area contributed by atoms with Gasteiger partial charge in [-0.1, -0.05) is 33.1 Å². The fourth-order valence-corrected chi connectivity index (χ4v) is 3.39. The van der Waals surface area contributed by atoms with Crippen LogP contribution in [-0.4, -0.2) is 31.8 Å². The lowest BCUT2D eigenvalue weighted by Gasteiger charge is -2.31. The minimum Gasteiger partial charge on any atom is -0.480 e. The van der Waals surface area contributed by atoms with Gasteiger partial charge in [-0.25, -0.2) is 0 Å². The van der Waals surface area contributed by atoms with Crippen LogP contribution < -0.4 is 0 Å². The number of aliphatic imine (C=N–C) groups is 1. The van der Waals surface area contributed by atoms with Crippen molar-refractivity contribution in [2.75, 3.05) is 19.8 Å². The highest BCUT2D eigenvalue weighted by Crippen LogP contribution is 2.29. The topological polar surface area (TPSA) is 30.8 Å². The third-order valence-corrected chi connectivity index (χ3v) is 4.77. The van der Waals surface area contributed by atoms with Gasteiger partial charge >= 0.3 is 0 Å². The SMILES string of the molecule is CCCCCC1CN=C(C2CCC(OCCC)CC2)OC1. The summed E-state index contributed by atoms with van der Waals surface area (Å²) in [5.41, 5.74) is 0. The molecule has 122 valence electrons. The average Bonchev–Trinajstić information content (AvgIpc) is 2.54. The van der Waals surface area contributed by atoms with Gasteiger partial charge in [0.15, 0.2) is 5.90 Å². The standard InChI is InChI=1S/C18H33NO2/c1-3-5-6-7-15-13-19-18(21-14-15)16-8-10-17(11-9-16)20-12-4-2/h15-17H,3-14H2,1-2H3. The molecule has 0 aromatic heterocycles. The van der Waals surface area contributed by atoms with Crippen LogP contribution in [0.2, 0.25) is 0 Å². The summed E-state index contributed by atoms with van der Waals surface area (Å²) in [5.74, 6) is 2.27. The van der Waals surface area contributed by atoms with E-state index in [9.17, 15) is 0 Å². The van der Waals surface area contributed by atoms with Crippen molar-refractivity contribution in [3.05, 3.63) is 0 Å². The van der Waals surface area contributed by atoms with E-state index in [0.717, 1.165) is 32.1 Å². The van der Waals surface area contributed by atoms with Crippen LogP contribution in [0.3, 0.4) is 0 Å². The Balaban J connectivity index is 1.67. The van der Waals surface area contributed by atoms with Gasteiger partial charge in [-0.15, -0.1) is 0 Å². The van der Waals surface area contributed by atoms with Gasteiger partial charge < -0.3 is 9.47 Å². The first kappa shape index (κ1) is 16.8. The van der Waals surface area contributed by atoms with Gasteiger partial charge in [-0.2, -0.15) is 0 Å². The Hall–Kier alpha value is -0.570. The Morgan fingerprint density at radius 2 is 1.90 bits per heavy atom. The fourth-order valence-electron chi connectivity index (χ4n) is 3.39. The third kappa shape index (κ3) is 5.61. The molecular formula is C18H33NO2. The number of rotatable bonds is 8. The quantitative estimate of drug-likeness (QED) is 0.613. The Labute approximate surface area is 130 Å². The van der Waals surface area contributed by atoms with Crippen LogP contribution >= 0.6 is 0 Å². The summed E-state index contributed by atoms with van der Waals surface area (Å²) in [6.07, 6.45) is 11.6. The normalized spacial score (nSPS) is 29.8. The first-order valence-electron chi connectivity index (χ1n) is 9.12. The zero-order valence-corrected chi connectivity index (χ0v) is 14.0.